The summed E-state index contributed by atoms with van der Waals surface area (Å²) in [4.78, 5) is 4.05. The summed E-state index contributed by atoms with van der Waals surface area (Å²) in [7, 11) is 0. The average Bonchev–Trinajstić information content (AvgIpc) is 2.52. The average molecular weight is 323 g/mol. The molecule has 1 aromatic heterocycles. The quantitative estimate of drug-likeness (QED) is 0.770. The first-order chi connectivity index (χ1) is 10.2. The number of aryl methyl sites for hydroxylation is 1. The van der Waals surface area contributed by atoms with Gasteiger partial charge in [0, 0.05) is 18.4 Å². The second kappa shape index (κ2) is 8.38. The van der Waals surface area contributed by atoms with Crippen LogP contribution in [-0.2, 0) is 6.42 Å². The summed E-state index contributed by atoms with van der Waals surface area (Å²) < 4.78 is 0. The summed E-state index contributed by atoms with van der Waals surface area (Å²) in [5.41, 5.74) is 2.36. The molecular formula is C17H20Cl2N2. The lowest BCUT2D eigenvalue weighted by Gasteiger charge is -2.20. The Morgan fingerprint density at radius 1 is 1.14 bits per heavy atom. The molecule has 2 nitrogen and oxygen atoms in total. The molecule has 1 N–H and O–H groups in total. The Hall–Kier alpha value is -1.09. The van der Waals surface area contributed by atoms with Crippen LogP contribution in [0.1, 0.15) is 36.9 Å². The molecule has 1 unspecified atom stereocenters. The first-order valence-electron chi connectivity index (χ1n) is 7.28. The fraction of sp³-hybridized carbons (Fsp3) is 0.353. The highest BCUT2D eigenvalue weighted by atomic mass is 35.5. The van der Waals surface area contributed by atoms with Crippen LogP contribution in [0.4, 0.5) is 0 Å². The van der Waals surface area contributed by atoms with Gasteiger partial charge >= 0.3 is 0 Å². The number of hydrogen-bond acceptors (Lipinski definition) is 2. The van der Waals surface area contributed by atoms with Crippen LogP contribution in [0.2, 0.25) is 10.0 Å². The molecule has 4 heteroatoms. The molecule has 0 amide bonds. The Kier molecular flexibility index (Phi) is 6.50. The number of halogens is 2. The van der Waals surface area contributed by atoms with Crippen LogP contribution < -0.4 is 5.32 Å². The van der Waals surface area contributed by atoms with E-state index < -0.39 is 0 Å². The first kappa shape index (κ1) is 16.3. The van der Waals surface area contributed by atoms with Crippen LogP contribution >= 0.6 is 23.2 Å². The van der Waals surface area contributed by atoms with Gasteiger partial charge in [-0.05, 0) is 55.1 Å². The van der Waals surface area contributed by atoms with Crippen LogP contribution in [0.3, 0.4) is 0 Å². The van der Waals surface area contributed by atoms with E-state index in [4.69, 9.17) is 23.2 Å². The monoisotopic (exact) mass is 322 g/mol. The van der Waals surface area contributed by atoms with Gasteiger partial charge in [0.15, 0.2) is 0 Å². The lowest BCUT2D eigenvalue weighted by atomic mass is 9.99. The summed E-state index contributed by atoms with van der Waals surface area (Å²) in [5.74, 6) is 0. The van der Waals surface area contributed by atoms with Crippen molar-refractivity contribution in [2.75, 3.05) is 6.54 Å². The predicted octanol–water partition coefficient (Wildman–Crippen LogP) is 5.06. The molecule has 1 aromatic carbocycles. The molecule has 0 aliphatic rings. The molecular weight excluding hydrogens is 303 g/mol. The van der Waals surface area contributed by atoms with E-state index in [0.717, 1.165) is 31.4 Å². The fourth-order valence-electron chi connectivity index (χ4n) is 2.34. The highest BCUT2D eigenvalue weighted by Crippen LogP contribution is 2.32. The van der Waals surface area contributed by atoms with Crippen LogP contribution in [0.15, 0.2) is 42.7 Å². The van der Waals surface area contributed by atoms with Gasteiger partial charge in [-0.2, -0.15) is 0 Å². The first-order valence-corrected chi connectivity index (χ1v) is 8.04. The Morgan fingerprint density at radius 3 is 2.62 bits per heavy atom. The fourth-order valence-corrected chi connectivity index (χ4v) is 2.78. The Morgan fingerprint density at radius 2 is 1.90 bits per heavy atom. The predicted molar refractivity (Wildman–Crippen MR) is 90.1 cm³/mol. The number of pyridine rings is 1. The molecule has 1 heterocycles. The zero-order chi connectivity index (χ0) is 15.1. The third kappa shape index (κ3) is 4.70. The van der Waals surface area contributed by atoms with Gasteiger partial charge in [-0.1, -0.05) is 42.3 Å². The number of hydrogen-bond donors (Lipinski definition) is 1. The minimum Gasteiger partial charge on any atom is -0.310 e. The van der Waals surface area contributed by atoms with E-state index in [0.29, 0.717) is 10.0 Å². The van der Waals surface area contributed by atoms with Gasteiger partial charge in [0.05, 0.1) is 10.0 Å². The largest absolute Gasteiger partial charge is 0.310 e. The molecule has 0 fully saturated rings. The molecule has 112 valence electrons. The number of nitrogens with zero attached hydrogens (tertiary/aromatic N) is 1. The third-order valence-corrected chi connectivity index (χ3v) is 4.30. The maximum Gasteiger partial charge on any atom is 0.0640 e. The van der Waals surface area contributed by atoms with Crippen molar-refractivity contribution in [3.05, 3.63) is 63.9 Å². The molecule has 2 aromatic rings. The number of benzene rings is 1. The number of rotatable bonds is 7. The number of nitrogens with one attached hydrogen (secondary N) is 1. The molecule has 1 atom stereocenters. The Labute approximate surface area is 136 Å². The minimum absolute atomic E-state index is 0.212. The lowest BCUT2D eigenvalue weighted by Crippen LogP contribution is -2.23. The summed E-state index contributed by atoms with van der Waals surface area (Å²) in [6.45, 7) is 3.12. The molecule has 0 radical (unpaired) electrons. The Bertz CT molecular complexity index is 558. The maximum absolute atomic E-state index is 6.37. The zero-order valence-electron chi connectivity index (χ0n) is 12.2. The number of aromatic nitrogens is 1. The van der Waals surface area contributed by atoms with Crippen molar-refractivity contribution in [3.8, 4) is 0 Å². The second-order valence-electron chi connectivity index (χ2n) is 5.04. The van der Waals surface area contributed by atoms with Crippen molar-refractivity contribution in [2.24, 2.45) is 0 Å². The summed E-state index contributed by atoms with van der Waals surface area (Å²) in [6, 6.07) is 10.1. The van der Waals surface area contributed by atoms with Gasteiger partial charge in [-0.3, -0.25) is 4.98 Å². The molecule has 0 saturated carbocycles. The van der Waals surface area contributed by atoms with Crippen LogP contribution in [-0.4, -0.2) is 11.5 Å². The topological polar surface area (TPSA) is 24.9 Å². The third-order valence-electron chi connectivity index (χ3n) is 3.47. The van der Waals surface area contributed by atoms with E-state index in [-0.39, 0.29) is 6.04 Å². The van der Waals surface area contributed by atoms with E-state index in [1.165, 1.54) is 5.56 Å². The van der Waals surface area contributed by atoms with Crippen LogP contribution in [0, 0.1) is 0 Å². The van der Waals surface area contributed by atoms with E-state index in [9.17, 15) is 0 Å². The normalized spacial score (nSPS) is 12.3. The van der Waals surface area contributed by atoms with Crippen molar-refractivity contribution in [1.29, 1.82) is 0 Å². The van der Waals surface area contributed by atoms with Gasteiger partial charge < -0.3 is 5.32 Å². The molecule has 21 heavy (non-hydrogen) atoms. The lowest BCUT2D eigenvalue weighted by molar-refractivity contribution is 0.499. The molecule has 2 rings (SSSR count). The maximum atomic E-state index is 6.37. The van der Waals surface area contributed by atoms with Gasteiger partial charge in [0.1, 0.15) is 0 Å². The van der Waals surface area contributed by atoms with Crippen molar-refractivity contribution in [1.82, 2.24) is 10.3 Å². The van der Waals surface area contributed by atoms with E-state index in [2.05, 4.69) is 29.4 Å². The molecule has 0 spiro atoms. The Balaban J connectivity index is 2.12. The van der Waals surface area contributed by atoms with Crippen LogP contribution in [0.25, 0.3) is 0 Å². The van der Waals surface area contributed by atoms with Crippen LogP contribution in [0.5, 0.6) is 0 Å². The molecule has 0 saturated heterocycles. The van der Waals surface area contributed by atoms with Gasteiger partial charge in [-0.25, -0.2) is 0 Å². The summed E-state index contributed by atoms with van der Waals surface area (Å²) in [6.07, 6.45) is 6.70. The van der Waals surface area contributed by atoms with Gasteiger partial charge in [0.2, 0.25) is 0 Å². The molecule has 0 bridgehead atoms. The van der Waals surface area contributed by atoms with E-state index in [1.807, 2.05) is 30.6 Å². The van der Waals surface area contributed by atoms with Crippen molar-refractivity contribution >= 4 is 23.2 Å². The highest BCUT2D eigenvalue weighted by Gasteiger charge is 2.15. The van der Waals surface area contributed by atoms with Crippen molar-refractivity contribution in [3.63, 3.8) is 0 Å². The SMILES string of the molecule is CCCNC(CCc1ccncc1)c1cccc(Cl)c1Cl. The second-order valence-corrected chi connectivity index (χ2v) is 5.83. The van der Waals surface area contributed by atoms with E-state index in [1.54, 1.807) is 0 Å². The minimum atomic E-state index is 0.212. The standard InChI is InChI=1S/C17H20Cl2N2/c1-2-10-21-16(7-6-13-8-11-20-12-9-13)14-4-3-5-15(18)17(14)19/h3-5,8-9,11-12,16,21H,2,6-7,10H2,1H3. The molecule has 0 aliphatic carbocycles. The molecule has 0 aliphatic heterocycles. The smallest absolute Gasteiger partial charge is 0.0640 e. The highest BCUT2D eigenvalue weighted by molar-refractivity contribution is 6.42. The van der Waals surface area contributed by atoms with Crippen molar-refractivity contribution in [2.45, 2.75) is 32.2 Å². The van der Waals surface area contributed by atoms with Gasteiger partial charge in [0.25, 0.3) is 0 Å². The summed E-state index contributed by atoms with van der Waals surface area (Å²) in [5, 5.41) is 4.83. The van der Waals surface area contributed by atoms with Crippen molar-refractivity contribution < 1.29 is 0 Å². The van der Waals surface area contributed by atoms with Gasteiger partial charge in [-0.15, -0.1) is 0 Å². The zero-order valence-corrected chi connectivity index (χ0v) is 13.7. The van der Waals surface area contributed by atoms with E-state index >= 15 is 0 Å². The summed E-state index contributed by atoms with van der Waals surface area (Å²) >= 11 is 12.5.